The number of nitrogens with zero attached hydrogens (tertiary/aromatic N) is 1. The Morgan fingerprint density at radius 2 is 2.15 bits per heavy atom. The quantitative estimate of drug-likeness (QED) is 0.859. The van der Waals surface area contributed by atoms with Gasteiger partial charge in [-0.3, -0.25) is 0 Å². The summed E-state index contributed by atoms with van der Waals surface area (Å²) in [6.45, 7) is 4.41. The molecule has 2 rings (SSSR count). The lowest BCUT2D eigenvalue weighted by Gasteiger charge is -2.32. The lowest BCUT2D eigenvalue weighted by atomic mass is 10.00. The zero-order valence-corrected chi connectivity index (χ0v) is 13.8. The fourth-order valence-corrected chi connectivity index (χ4v) is 3.51. The van der Waals surface area contributed by atoms with Gasteiger partial charge in [0.15, 0.2) is 0 Å². The Hall–Kier alpha value is -0.280. The molecule has 20 heavy (non-hydrogen) atoms. The number of rotatable bonds is 5. The molecule has 0 bridgehead atoms. The summed E-state index contributed by atoms with van der Waals surface area (Å²) in [6.07, 6.45) is 5.24. The summed E-state index contributed by atoms with van der Waals surface area (Å²) in [7, 11) is 2.24. The summed E-state index contributed by atoms with van der Waals surface area (Å²) < 4.78 is 0. The molecular formula is C16H24Cl2N2. The van der Waals surface area contributed by atoms with Gasteiger partial charge in [0, 0.05) is 22.1 Å². The standard InChI is InChI=1S/C16H24Cl2N2/c1-12(15-7-6-13(17)11-16(15)18)19-9-8-14-5-3-4-10-20(14)2/h6-7,11-12,14,19H,3-5,8-10H2,1-2H3. The van der Waals surface area contributed by atoms with E-state index in [1.165, 1.54) is 32.2 Å². The molecule has 1 saturated heterocycles. The third kappa shape index (κ3) is 4.36. The first kappa shape index (κ1) is 16.1. The van der Waals surface area contributed by atoms with Gasteiger partial charge >= 0.3 is 0 Å². The Kier molecular flexibility index (Phi) is 6.16. The Balaban J connectivity index is 1.81. The molecule has 2 atom stereocenters. The van der Waals surface area contributed by atoms with Gasteiger partial charge in [0.05, 0.1) is 0 Å². The Labute approximate surface area is 132 Å². The highest BCUT2D eigenvalue weighted by molar-refractivity contribution is 6.35. The van der Waals surface area contributed by atoms with Crippen LogP contribution in [0.5, 0.6) is 0 Å². The number of hydrogen-bond acceptors (Lipinski definition) is 2. The van der Waals surface area contributed by atoms with Gasteiger partial charge < -0.3 is 10.2 Å². The number of likely N-dealkylation sites (tertiary alicyclic amines) is 1. The zero-order valence-electron chi connectivity index (χ0n) is 12.3. The highest BCUT2D eigenvalue weighted by Crippen LogP contribution is 2.26. The molecule has 0 amide bonds. The molecule has 1 fully saturated rings. The molecule has 1 aromatic rings. The lowest BCUT2D eigenvalue weighted by Crippen LogP contribution is -2.38. The first-order valence-corrected chi connectivity index (χ1v) is 8.22. The first-order valence-electron chi connectivity index (χ1n) is 7.46. The van der Waals surface area contributed by atoms with Gasteiger partial charge in [-0.15, -0.1) is 0 Å². The number of halogens is 2. The van der Waals surface area contributed by atoms with Crippen molar-refractivity contribution in [1.82, 2.24) is 10.2 Å². The van der Waals surface area contributed by atoms with Crippen molar-refractivity contribution in [1.29, 1.82) is 0 Å². The van der Waals surface area contributed by atoms with E-state index in [0.717, 1.165) is 23.2 Å². The fourth-order valence-electron chi connectivity index (χ4n) is 2.94. The lowest BCUT2D eigenvalue weighted by molar-refractivity contribution is 0.174. The third-order valence-electron chi connectivity index (χ3n) is 4.28. The van der Waals surface area contributed by atoms with E-state index < -0.39 is 0 Å². The van der Waals surface area contributed by atoms with Crippen molar-refractivity contribution in [2.75, 3.05) is 20.1 Å². The van der Waals surface area contributed by atoms with Gasteiger partial charge in [-0.1, -0.05) is 35.7 Å². The average Bonchev–Trinajstić information content (AvgIpc) is 2.40. The van der Waals surface area contributed by atoms with Gasteiger partial charge in [0.25, 0.3) is 0 Å². The van der Waals surface area contributed by atoms with E-state index in [4.69, 9.17) is 23.2 Å². The molecule has 2 unspecified atom stereocenters. The molecule has 1 aliphatic rings. The molecular weight excluding hydrogens is 291 g/mol. The van der Waals surface area contributed by atoms with Crippen molar-refractivity contribution in [2.45, 2.75) is 44.7 Å². The minimum absolute atomic E-state index is 0.258. The Bertz CT molecular complexity index is 436. The maximum absolute atomic E-state index is 6.24. The van der Waals surface area contributed by atoms with E-state index in [0.29, 0.717) is 5.02 Å². The van der Waals surface area contributed by atoms with Gasteiger partial charge in [0.2, 0.25) is 0 Å². The molecule has 1 aromatic carbocycles. The molecule has 0 aromatic heterocycles. The second-order valence-electron chi connectivity index (χ2n) is 5.76. The Morgan fingerprint density at radius 1 is 1.35 bits per heavy atom. The van der Waals surface area contributed by atoms with E-state index in [9.17, 15) is 0 Å². The first-order chi connectivity index (χ1) is 9.58. The van der Waals surface area contributed by atoms with Crippen molar-refractivity contribution >= 4 is 23.2 Å². The summed E-state index contributed by atoms with van der Waals surface area (Å²) in [6, 6.07) is 6.70. The van der Waals surface area contributed by atoms with Crippen LogP contribution in [-0.2, 0) is 0 Å². The smallest absolute Gasteiger partial charge is 0.0468 e. The van der Waals surface area contributed by atoms with Crippen molar-refractivity contribution < 1.29 is 0 Å². The van der Waals surface area contributed by atoms with E-state index in [2.05, 4.69) is 24.2 Å². The van der Waals surface area contributed by atoms with Gasteiger partial charge in [-0.25, -0.2) is 0 Å². The molecule has 4 heteroatoms. The van der Waals surface area contributed by atoms with Crippen LogP contribution in [0.25, 0.3) is 0 Å². The van der Waals surface area contributed by atoms with Gasteiger partial charge in [-0.2, -0.15) is 0 Å². The molecule has 1 N–H and O–H groups in total. The van der Waals surface area contributed by atoms with Crippen LogP contribution in [0.2, 0.25) is 10.0 Å². The highest BCUT2D eigenvalue weighted by Gasteiger charge is 2.18. The molecule has 1 aliphatic heterocycles. The van der Waals surface area contributed by atoms with Crippen LogP contribution >= 0.6 is 23.2 Å². The largest absolute Gasteiger partial charge is 0.310 e. The van der Waals surface area contributed by atoms with Crippen LogP contribution in [-0.4, -0.2) is 31.1 Å². The van der Waals surface area contributed by atoms with E-state index >= 15 is 0 Å². The normalized spacial score (nSPS) is 21.9. The van der Waals surface area contributed by atoms with Gasteiger partial charge in [-0.05, 0) is 64.0 Å². The van der Waals surface area contributed by atoms with E-state index in [1.54, 1.807) is 0 Å². The number of piperidine rings is 1. The SMILES string of the molecule is CC(NCCC1CCCCN1C)c1ccc(Cl)cc1Cl. The summed E-state index contributed by atoms with van der Waals surface area (Å²) in [5, 5.41) is 5.01. The predicted octanol–water partition coefficient (Wildman–Crippen LogP) is 4.52. The maximum Gasteiger partial charge on any atom is 0.0468 e. The summed E-state index contributed by atoms with van der Waals surface area (Å²) in [5.41, 5.74) is 1.12. The highest BCUT2D eigenvalue weighted by atomic mass is 35.5. The summed E-state index contributed by atoms with van der Waals surface area (Å²) >= 11 is 12.2. The van der Waals surface area contributed by atoms with Crippen molar-refractivity contribution in [3.8, 4) is 0 Å². The van der Waals surface area contributed by atoms with Gasteiger partial charge in [0.1, 0.15) is 0 Å². The zero-order chi connectivity index (χ0) is 14.5. The second kappa shape index (κ2) is 7.65. The number of nitrogens with one attached hydrogen (secondary N) is 1. The Morgan fingerprint density at radius 3 is 2.85 bits per heavy atom. The van der Waals surface area contributed by atoms with Crippen LogP contribution in [0.1, 0.15) is 44.2 Å². The summed E-state index contributed by atoms with van der Waals surface area (Å²) in [5.74, 6) is 0. The van der Waals surface area contributed by atoms with Crippen LogP contribution in [0.3, 0.4) is 0 Å². The molecule has 1 heterocycles. The molecule has 2 nitrogen and oxygen atoms in total. The minimum atomic E-state index is 0.258. The molecule has 0 aliphatic carbocycles. The van der Waals surface area contributed by atoms with E-state index in [1.807, 2.05) is 18.2 Å². The van der Waals surface area contributed by atoms with Crippen LogP contribution in [0.4, 0.5) is 0 Å². The average molecular weight is 315 g/mol. The minimum Gasteiger partial charge on any atom is -0.310 e. The van der Waals surface area contributed by atoms with Crippen molar-refractivity contribution in [2.24, 2.45) is 0 Å². The molecule has 112 valence electrons. The molecule has 0 spiro atoms. The summed E-state index contributed by atoms with van der Waals surface area (Å²) in [4.78, 5) is 2.49. The van der Waals surface area contributed by atoms with E-state index in [-0.39, 0.29) is 6.04 Å². The fraction of sp³-hybridized carbons (Fsp3) is 0.625. The number of benzene rings is 1. The third-order valence-corrected chi connectivity index (χ3v) is 4.84. The van der Waals surface area contributed by atoms with Crippen LogP contribution in [0, 0.1) is 0 Å². The topological polar surface area (TPSA) is 15.3 Å². The van der Waals surface area contributed by atoms with Crippen LogP contribution in [0.15, 0.2) is 18.2 Å². The molecule has 0 radical (unpaired) electrons. The second-order valence-corrected chi connectivity index (χ2v) is 6.60. The van der Waals surface area contributed by atoms with Crippen LogP contribution < -0.4 is 5.32 Å². The molecule has 0 saturated carbocycles. The van der Waals surface area contributed by atoms with Crippen molar-refractivity contribution in [3.63, 3.8) is 0 Å². The number of hydrogen-bond donors (Lipinski definition) is 1. The monoisotopic (exact) mass is 314 g/mol. The maximum atomic E-state index is 6.24. The van der Waals surface area contributed by atoms with Crippen molar-refractivity contribution in [3.05, 3.63) is 33.8 Å². The predicted molar refractivity (Wildman–Crippen MR) is 87.8 cm³/mol.